The van der Waals surface area contributed by atoms with E-state index in [1.807, 2.05) is 38.7 Å². The van der Waals surface area contributed by atoms with Crippen molar-refractivity contribution in [3.8, 4) is 5.75 Å². The molecule has 176 valence electrons. The van der Waals surface area contributed by atoms with Crippen LogP contribution in [0.15, 0.2) is 35.0 Å². The number of aromatic nitrogens is 3. The minimum Gasteiger partial charge on any atom is -0.494 e. The molecule has 9 nitrogen and oxygen atoms in total. The van der Waals surface area contributed by atoms with E-state index in [1.165, 1.54) is 6.20 Å². The molecule has 1 fully saturated rings. The third-order valence-corrected chi connectivity index (χ3v) is 8.17. The smallest absolute Gasteiger partial charge is 0.301 e. The molecule has 0 saturated carbocycles. The van der Waals surface area contributed by atoms with Crippen LogP contribution in [-0.4, -0.2) is 59.0 Å². The van der Waals surface area contributed by atoms with Gasteiger partial charge < -0.3 is 19.4 Å². The van der Waals surface area contributed by atoms with Crippen LogP contribution in [0.25, 0.3) is 0 Å². The number of rotatable bonds is 7. The molecule has 0 bridgehead atoms. The average Bonchev–Trinajstić information content (AvgIpc) is 3.25. The minimum absolute atomic E-state index is 0.228. The van der Waals surface area contributed by atoms with Crippen molar-refractivity contribution in [2.24, 2.45) is 0 Å². The Morgan fingerprint density at radius 2 is 1.94 bits per heavy atom. The standard InChI is InChI=1S/C22H29ClN6O3P/c1-14(2)19-13-25-22(32-19)28-21-24-12-16(23)20(27-21)26-17-6-5-15(11-18(17)31-3)29-7-9-33(4,30)10-8-29/h5-6,11-14,30H,7-10H2,1-4H3,(H2,24,25,26,27,28)/q+1. The fraction of sp³-hybridized carbons (Fsp3) is 0.409. The predicted molar refractivity (Wildman–Crippen MR) is 134 cm³/mol. The molecule has 1 aliphatic heterocycles. The van der Waals surface area contributed by atoms with Crippen LogP contribution in [0.1, 0.15) is 25.5 Å². The van der Waals surface area contributed by atoms with Gasteiger partial charge >= 0.3 is 6.01 Å². The second-order valence-corrected chi connectivity index (χ2v) is 12.5. The Morgan fingerprint density at radius 1 is 1.18 bits per heavy atom. The monoisotopic (exact) mass is 491 g/mol. The van der Waals surface area contributed by atoms with E-state index in [0.29, 0.717) is 28.6 Å². The summed E-state index contributed by atoms with van der Waals surface area (Å²) in [5.74, 6) is 2.39. The molecule has 3 aromatic rings. The van der Waals surface area contributed by atoms with E-state index in [1.54, 1.807) is 13.3 Å². The van der Waals surface area contributed by atoms with E-state index < -0.39 is 7.49 Å². The van der Waals surface area contributed by atoms with Gasteiger partial charge in [-0.25, -0.2) is 9.97 Å². The van der Waals surface area contributed by atoms with Gasteiger partial charge in [-0.15, -0.1) is 0 Å². The summed E-state index contributed by atoms with van der Waals surface area (Å²) in [6.45, 7) is 7.73. The van der Waals surface area contributed by atoms with Crippen molar-refractivity contribution in [2.45, 2.75) is 19.8 Å². The third-order valence-electron chi connectivity index (χ3n) is 5.56. The van der Waals surface area contributed by atoms with Crippen molar-refractivity contribution in [3.63, 3.8) is 0 Å². The number of hydrogen-bond acceptors (Lipinski definition) is 9. The van der Waals surface area contributed by atoms with E-state index in [4.69, 9.17) is 20.8 Å². The summed E-state index contributed by atoms with van der Waals surface area (Å²) in [5, 5.41) is 6.56. The largest absolute Gasteiger partial charge is 0.494 e. The number of nitrogens with one attached hydrogen (secondary N) is 2. The molecular weight excluding hydrogens is 463 g/mol. The number of nitrogens with zero attached hydrogens (tertiary/aromatic N) is 4. The Bertz CT molecular complexity index is 1110. The normalized spacial score (nSPS) is 15.5. The summed E-state index contributed by atoms with van der Waals surface area (Å²) in [7, 11) is -0.114. The second-order valence-electron chi connectivity index (χ2n) is 8.52. The predicted octanol–water partition coefficient (Wildman–Crippen LogP) is 5.11. The molecule has 2 aromatic heterocycles. The first-order valence-corrected chi connectivity index (χ1v) is 13.7. The first-order valence-electron chi connectivity index (χ1n) is 10.8. The van der Waals surface area contributed by atoms with Crippen LogP contribution in [0.4, 0.5) is 29.2 Å². The molecule has 0 atom stereocenters. The van der Waals surface area contributed by atoms with Crippen molar-refractivity contribution in [3.05, 3.63) is 41.4 Å². The highest BCUT2D eigenvalue weighted by Crippen LogP contribution is 2.52. The summed E-state index contributed by atoms with van der Waals surface area (Å²) in [5.41, 5.74) is 1.78. The van der Waals surface area contributed by atoms with Gasteiger partial charge in [-0.05, 0) is 12.1 Å². The van der Waals surface area contributed by atoms with Crippen LogP contribution in [0.5, 0.6) is 5.75 Å². The summed E-state index contributed by atoms with van der Waals surface area (Å²) in [4.78, 5) is 25.5. The van der Waals surface area contributed by atoms with Crippen LogP contribution in [-0.2, 0) is 0 Å². The summed E-state index contributed by atoms with van der Waals surface area (Å²) in [6, 6.07) is 6.26. The second kappa shape index (κ2) is 9.71. The third kappa shape index (κ3) is 5.66. The molecule has 0 aliphatic carbocycles. The van der Waals surface area contributed by atoms with Crippen LogP contribution >= 0.6 is 19.1 Å². The van der Waals surface area contributed by atoms with Crippen molar-refractivity contribution < 1.29 is 14.0 Å². The van der Waals surface area contributed by atoms with Gasteiger partial charge in [0.25, 0.3) is 0 Å². The van der Waals surface area contributed by atoms with Gasteiger partial charge in [0.15, 0.2) is 5.82 Å². The number of ether oxygens (including phenoxy) is 1. The number of methoxy groups -OCH3 is 1. The highest BCUT2D eigenvalue weighted by molar-refractivity contribution is 7.69. The van der Waals surface area contributed by atoms with Gasteiger partial charge in [0.05, 0.1) is 44.9 Å². The lowest BCUT2D eigenvalue weighted by atomic mass is 10.2. The zero-order chi connectivity index (χ0) is 23.6. The highest BCUT2D eigenvalue weighted by Gasteiger charge is 2.34. The zero-order valence-corrected chi connectivity index (χ0v) is 20.8. The Kier molecular flexibility index (Phi) is 6.93. The van der Waals surface area contributed by atoms with Crippen LogP contribution < -0.4 is 20.3 Å². The van der Waals surface area contributed by atoms with Crippen LogP contribution in [0.2, 0.25) is 5.02 Å². The summed E-state index contributed by atoms with van der Waals surface area (Å²) in [6.07, 6.45) is 4.87. The van der Waals surface area contributed by atoms with Crippen molar-refractivity contribution >= 4 is 48.2 Å². The molecular formula is C22H29ClN6O3P+. The molecule has 1 aromatic carbocycles. The number of anilines is 5. The highest BCUT2D eigenvalue weighted by atomic mass is 35.5. The fourth-order valence-electron chi connectivity index (χ4n) is 3.48. The summed E-state index contributed by atoms with van der Waals surface area (Å²) >= 11 is 6.35. The van der Waals surface area contributed by atoms with Gasteiger partial charge in [0.2, 0.25) is 5.95 Å². The van der Waals surface area contributed by atoms with E-state index in [2.05, 4.69) is 30.5 Å². The van der Waals surface area contributed by atoms with Gasteiger partial charge in [-0.3, -0.25) is 10.2 Å². The van der Waals surface area contributed by atoms with E-state index in [9.17, 15) is 4.89 Å². The average molecular weight is 492 g/mol. The first-order chi connectivity index (χ1) is 15.7. The molecule has 1 aliphatic rings. The van der Waals surface area contributed by atoms with Crippen molar-refractivity contribution in [2.75, 3.05) is 54.7 Å². The molecule has 1 saturated heterocycles. The molecule has 4 rings (SSSR count). The number of halogens is 1. The van der Waals surface area contributed by atoms with Crippen LogP contribution in [0, 0.1) is 0 Å². The number of hydrogen-bond donors (Lipinski definition) is 3. The van der Waals surface area contributed by atoms with Crippen molar-refractivity contribution in [1.82, 2.24) is 15.0 Å². The lowest BCUT2D eigenvalue weighted by Gasteiger charge is -2.32. The number of benzene rings is 1. The Morgan fingerprint density at radius 3 is 2.61 bits per heavy atom. The molecule has 0 unspecified atom stereocenters. The van der Waals surface area contributed by atoms with E-state index in [-0.39, 0.29) is 5.92 Å². The summed E-state index contributed by atoms with van der Waals surface area (Å²) < 4.78 is 11.3. The van der Waals surface area contributed by atoms with E-state index >= 15 is 0 Å². The van der Waals surface area contributed by atoms with Gasteiger partial charge in [0, 0.05) is 17.7 Å². The molecule has 0 spiro atoms. The lowest BCUT2D eigenvalue weighted by Crippen LogP contribution is -2.36. The molecule has 3 N–H and O–H groups in total. The maximum atomic E-state index is 10.3. The maximum absolute atomic E-state index is 10.3. The lowest BCUT2D eigenvalue weighted by molar-refractivity contribution is 0.417. The SMILES string of the molecule is COc1cc(N2CC[P+](C)(O)CC2)ccc1Nc1nc(Nc2ncc(C(C)C)o2)ncc1Cl. The molecule has 0 radical (unpaired) electrons. The van der Waals surface area contributed by atoms with Crippen molar-refractivity contribution in [1.29, 1.82) is 0 Å². The molecule has 11 heteroatoms. The molecule has 0 amide bonds. The zero-order valence-electron chi connectivity index (χ0n) is 19.2. The Balaban J connectivity index is 1.51. The topological polar surface area (TPSA) is 109 Å². The maximum Gasteiger partial charge on any atom is 0.301 e. The quantitative estimate of drug-likeness (QED) is 0.388. The fourth-order valence-corrected chi connectivity index (χ4v) is 5.19. The first kappa shape index (κ1) is 23.5. The van der Waals surface area contributed by atoms with Crippen LogP contribution in [0.3, 0.4) is 0 Å². The minimum atomic E-state index is -1.74. The van der Waals surface area contributed by atoms with E-state index in [0.717, 1.165) is 42.5 Å². The Labute approximate surface area is 199 Å². The number of oxazole rings is 1. The van der Waals surface area contributed by atoms with Gasteiger partial charge in [0.1, 0.15) is 36.3 Å². The molecule has 33 heavy (non-hydrogen) atoms. The van der Waals surface area contributed by atoms with Gasteiger partial charge in [-0.1, -0.05) is 25.4 Å². The molecule has 3 heterocycles. The van der Waals surface area contributed by atoms with Gasteiger partial charge in [-0.2, -0.15) is 4.98 Å². The Hall–Kier alpha value is -2.61.